The minimum Gasteiger partial charge on any atom is -0.478 e. The first-order chi connectivity index (χ1) is 7.02. The number of nitrogens with one attached hydrogen (secondary N) is 2. The molecule has 0 aromatic rings. The van der Waals surface area contributed by atoms with E-state index in [1.54, 1.807) is 6.92 Å². The molecule has 0 spiro atoms. The number of carboxylic acid groups (broad SMARTS) is 1. The highest BCUT2D eigenvalue weighted by Crippen LogP contribution is 2.18. The number of nitrogens with zero attached hydrogens (tertiary/aromatic N) is 1. The molecule has 7 heteroatoms. The summed E-state index contributed by atoms with van der Waals surface area (Å²) in [5, 5.41) is 14.7. The number of hydrogen-bond acceptors (Lipinski definition) is 5. The summed E-state index contributed by atoms with van der Waals surface area (Å²) in [4.78, 5) is 15.1. The van der Waals surface area contributed by atoms with Crippen LogP contribution in [0.15, 0.2) is 15.3 Å². The van der Waals surface area contributed by atoms with Crippen molar-refractivity contribution < 1.29 is 9.90 Å². The lowest BCUT2D eigenvalue weighted by Crippen LogP contribution is -2.64. The van der Waals surface area contributed by atoms with Crippen LogP contribution < -0.4 is 16.4 Å². The predicted molar refractivity (Wildman–Crippen MR) is 60.7 cm³/mol. The first-order valence-electron chi connectivity index (χ1n) is 4.40. The van der Waals surface area contributed by atoms with E-state index < -0.39 is 11.6 Å². The monoisotopic (exact) mass is 276 g/mol. The van der Waals surface area contributed by atoms with Crippen molar-refractivity contribution in [2.75, 3.05) is 13.1 Å². The van der Waals surface area contributed by atoms with E-state index in [1.807, 2.05) is 0 Å². The maximum absolute atomic E-state index is 11.1. The largest absolute Gasteiger partial charge is 0.478 e. The summed E-state index contributed by atoms with van der Waals surface area (Å²) < 4.78 is 0.553. The zero-order valence-electron chi connectivity index (χ0n) is 8.25. The first kappa shape index (κ1) is 12.2. The Labute approximate surface area is 95.8 Å². The van der Waals surface area contributed by atoms with Gasteiger partial charge in [-0.05, 0) is 22.9 Å². The van der Waals surface area contributed by atoms with Crippen molar-refractivity contribution >= 4 is 28.1 Å². The predicted octanol–water partition coefficient (Wildman–Crippen LogP) is -0.426. The molecule has 1 aliphatic heterocycles. The number of allylic oxidation sites excluding steroid dienone is 1. The number of rotatable bonds is 4. The van der Waals surface area contributed by atoms with Gasteiger partial charge in [0, 0.05) is 13.1 Å². The second-order valence-corrected chi connectivity index (χ2v) is 3.90. The maximum Gasteiger partial charge on any atom is 0.350 e. The van der Waals surface area contributed by atoms with Crippen molar-refractivity contribution in [3.63, 3.8) is 0 Å². The van der Waals surface area contributed by atoms with E-state index >= 15 is 0 Å². The number of nitrogens with two attached hydrogens (primary N) is 1. The van der Waals surface area contributed by atoms with Crippen LogP contribution in [0.5, 0.6) is 0 Å². The lowest BCUT2D eigenvalue weighted by atomic mass is 10.1. The van der Waals surface area contributed by atoms with Gasteiger partial charge in [-0.15, -0.1) is 0 Å². The third-order valence-corrected chi connectivity index (χ3v) is 2.73. The van der Waals surface area contributed by atoms with E-state index in [0.29, 0.717) is 23.4 Å². The Hall–Kier alpha value is -0.920. The van der Waals surface area contributed by atoms with Crippen molar-refractivity contribution in [2.45, 2.75) is 12.6 Å². The summed E-state index contributed by atoms with van der Waals surface area (Å²) in [7, 11) is 0. The number of halogens is 1. The molecule has 15 heavy (non-hydrogen) atoms. The van der Waals surface area contributed by atoms with Gasteiger partial charge < -0.3 is 16.2 Å². The standard InChI is InChI=1S/C8H13BrN4O2/c1-5-6(9)13-8(4-11-5,7(14)15)12-3-2-10/h4,12-13H,2-3,10H2,1H3,(H,14,15). The summed E-state index contributed by atoms with van der Waals surface area (Å²) in [6.07, 6.45) is 1.32. The molecule has 0 bridgehead atoms. The van der Waals surface area contributed by atoms with Gasteiger partial charge in [0.25, 0.3) is 0 Å². The third-order valence-electron chi connectivity index (χ3n) is 1.96. The number of hydrogen-bond donors (Lipinski definition) is 4. The van der Waals surface area contributed by atoms with E-state index in [9.17, 15) is 4.79 Å². The van der Waals surface area contributed by atoms with Crippen molar-refractivity contribution in [3.05, 3.63) is 10.3 Å². The molecule has 0 fully saturated rings. The van der Waals surface area contributed by atoms with E-state index in [-0.39, 0.29) is 0 Å². The third kappa shape index (κ3) is 2.55. The Balaban J connectivity index is 2.88. The van der Waals surface area contributed by atoms with Crippen molar-refractivity contribution in [1.82, 2.24) is 10.6 Å². The van der Waals surface area contributed by atoms with Crippen LogP contribution in [0.25, 0.3) is 0 Å². The number of carboxylic acids is 1. The Morgan fingerprint density at radius 1 is 1.87 bits per heavy atom. The van der Waals surface area contributed by atoms with Crippen molar-refractivity contribution in [3.8, 4) is 0 Å². The highest BCUT2D eigenvalue weighted by Gasteiger charge is 2.38. The molecule has 0 saturated carbocycles. The van der Waals surface area contributed by atoms with Crippen molar-refractivity contribution in [1.29, 1.82) is 0 Å². The molecule has 0 radical (unpaired) electrons. The molecule has 0 saturated heterocycles. The molecule has 1 atom stereocenters. The fraction of sp³-hybridized carbons (Fsp3) is 0.500. The number of aliphatic imine (C=N–C) groups is 1. The minimum absolute atomic E-state index is 0.352. The summed E-state index contributed by atoms with van der Waals surface area (Å²) in [6.45, 7) is 2.50. The van der Waals surface area contributed by atoms with E-state index in [1.165, 1.54) is 6.21 Å². The molecule has 1 rings (SSSR count). The average molecular weight is 277 g/mol. The normalized spacial score (nSPS) is 25.3. The zero-order chi connectivity index (χ0) is 11.5. The van der Waals surface area contributed by atoms with Crippen LogP contribution in [0, 0.1) is 0 Å². The summed E-state index contributed by atoms with van der Waals surface area (Å²) in [5.41, 5.74) is 4.63. The van der Waals surface area contributed by atoms with Crippen LogP contribution in [-0.4, -0.2) is 36.0 Å². The van der Waals surface area contributed by atoms with Gasteiger partial charge in [-0.2, -0.15) is 0 Å². The number of aliphatic carboxylic acids is 1. The molecular formula is C8H13BrN4O2. The molecule has 0 aromatic carbocycles. The summed E-state index contributed by atoms with van der Waals surface area (Å²) in [5.74, 6) is -1.05. The van der Waals surface area contributed by atoms with E-state index in [4.69, 9.17) is 10.8 Å². The maximum atomic E-state index is 11.1. The Morgan fingerprint density at radius 3 is 3.00 bits per heavy atom. The molecule has 0 aromatic heterocycles. The molecule has 5 N–H and O–H groups in total. The highest BCUT2D eigenvalue weighted by molar-refractivity contribution is 9.11. The SMILES string of the molecule is CC1=C(Br)NC(NCCN)(C(=O)O)C=N1. The molecule has 84 valence electrons. The topological polar surface area (TPSA) is 99.7 Å². The second-order valence-electron chi connectivity index (χ2n) is 3.11. The lowest BCUT2D eigenvalue weighted by Gasteiger charge is -2.31. The van der Waals surface area contributed by atoms with Crippen LogP contribution in [0.2, 0.25) is 0 Å². The first-order valence-corrected chi connectivity index (χ1v) is 5.19. The lowest BCUT2D eigenvalue weighted by molar-refractivity contribution is -0.142. The van der Waals surface area contributed by atoms with Crippen LogP contribution >= 0.6 is 15.9 Å². The van der Waals surface area contributed by atoms with Crippen LogP contribution in [-0.2, 0) is 4.79 Å². The average Bonchev–Trinajstić information content (AvgIpc) is 2.20. The Kier molecular flexibility index (Phi) is 3.83. The highest BCUT2D eigenvalue weighted by atomic mass is 79.9. The van der Waals surface area contributed by atoms with Gasteiger partial charge in [-0.25, -0.2) is 4.79 Å². The Bertz CT molecular complexity index is 329. The minimum atomic E-state index is -1.38. The molecule has 0 amide bonds. The van der Waals surface area contributed by atoms with Crippen LogP contribution in [0.3, 0.4) is 0 Å². The zero-order valence-corrected chi connectivity index (χ0v) is 9.84. The van der Waals surface area contributed by atoms with Crippen LogP contribution in [0.4, 0.5) is 0 Å². The molecule has 1 unspecified atom stereocenters. The molecular weight excluding hydrogens is 264 g/mol. The van der Waals surface area contributed by atoms with Gasteiger partial charge in [-0.3, -0.25) is 10.3 Å². The molecule has 1 heterocycles. The van der Waals surface area contributed by atoms with E-state index in [2.05, 4.69) is 31.6 Å². The number of carbonyl (C=O) groups is 1. The molecule has 6 nitrogen and oxygen atoms in total. The molecule has 0 aliphatic carbocycles. The summed E-state index contributed by atoms with van der Waals surface area (Å²) >= 11 is 3.21. The van der Waals surface area contributed by atoms with Gasteiger partial charge in [0.15, 0.2) is 0 Å². The fourth-order valence-corrected chi connectivity index (χ4v) is 1.50. The van der Waals surface area contributed by atoms with E-state index in [0.717, 1.165) is 0 Å². The quantitative estimate of drug-likeness (QED) is 0.523. The van der Waals surface area contributed by atoms with Crippen molar-refractivity contribution in [2.24, 2.45) is 10.7 Å². The van der Waals surface area contributed by atoms with Crippen LogP contribution in [0.1, 0.15) is 6.92 Å². The van der Waals surface area contributed by atoms with Gasteiger partial charge in [-0.1, -0.05) is 0 Å². The molecule has 1 aliphatic rings. The summed E-state index contributed by atoms with van der Waals surface area (Å²) in [6, 6.07) is 0. The van der Waals surface area contributed by atoms with Gasteiger partial charge >= 0.3 is 5.97 Å². The Morgan fingerprint density at radius 2 is 2.53 bits per heavy atom. The fourth-order valence-electron chi connectivity index (χ4n) is 1.09. The smallest absolute Gasteiger partial charge is 0.350 e. The van der Waals surface area contributed by atoms with Gasteiger partial charge in [0.05, 0.1) is 11.9 Å². The van der Waals surface area contributed by atoms with Gasteiger partial charge in [0.2, 0.25) is 5.66 Å². The van der Waals surface area contributed by atoms with Gasteiger partial charge in [0.1, 0.15) is 4.61 Å². The second kappa shape index (κ2) is 4.73.